The van der Waals surface area contributed by atoms with Crippen LogP contribution < -0.4 is 17.0 Å². The van der Waals surface area contributed by atoms with Crippen LogP contribution in [0.15, 0.2) is 0 Å². The third-order valence-corrected chi connectivity index (χ3v) is 0.821. The van der Waals surface area contributed by atoms with Crippen molar-refractivity contribution in [3.05, 3.63) is 0 Å². The van der Waals surface area contributed by atoms with E-state index < -0.39 is 6.23 Å². The van der Waals surface area contributed by atoms with E-state index in [0.29, 0.717) is 13.0 Å². The van der Waals surface area contributed by atoms with Gasteiger partial charge in [-0.05, 0) is 12.8 Å². The Morgan fingerprint density at radius 2 is 2.25 bits per heavy atom. The smallest absolute Gasteiger partial charge is 0.102 e. The zero-order valence-corrected chi connectivity index (χ0v) is 4.80. The number of hydrazine groups is 1. The Balaban J connectivity index is 2.72. The first-order valence-corrected chi connectivity index (χ1v) is 2.64. The summed E-state index contributed by atoms with van der Waals surface area (Å²) in [4.78, 5) is 0. The maximum Gasteiger partial charge on any atom is 0.102 e. The summed E-state index contributed by atoms with van der Waals surface area (Å²) in [6.45, 7) is 0.703. The fraction of sp³-hybridized carbons (Fsp3) is 1.00. The average molecular weight is 119 g/mol. The van der Waals surface area contributed by atoms with Crippen molar-refractivity contribution in [3.8, 4) is 0 Å². The standard InChI is InChI=1S/C4H13N3O/c5-4(8)2-1-3-7-6/h4,7-8H,1-3,5-6H2. The van der Waals surface area contributed by atoms with Crippen LogP contribution in [0, 0.1) is 0 Å². The number of aliphatic hydroxyl groups is 1. The highest BCUT2D eigenvalue weighted by molar-refractivity contribution is 4.45. The van der Waals surface area contributed by atoms with Crippen molar-refractivity contribution in [1.82, 2.24) is 5.43 Å². The molecule has 6 N–H and O–H groups in total. The molecule has 0 rings (SSSR count). The molecule has 0 spiro atoms. The number of rotatable bonds is 4. The molecule has 0 bridgehead atoms. The first kappa shape index (κ1) is 7.84. The molecule has 0 amide bonds. The van der Waals surface area contributed by atoms with Crippen LogP contribution in [0.25, 0.3) is 0 Å². The summed E-state index contributed by atoms with van der Waals surface area (Å²) in [5.74, 6) is 4.94. The van der Waals surface area contributed by atoms with E-state index in [1.165, 1.54) is 0 Å². The molecule has 0 radical (unpaired) electrons. The van der Waals surface area contributed by atoms with Crippen LogP contribution in [-0.4, -0.2) is 17.9 Å². The maximum atomic E-state index is 8.49. The van der Waals surface area contributed by atoms with Gasteiger partial charge in [0, 0.05) is 6.54 Å². The molecular weight excluding hydrogens is 106 g/mol. The van der Waals surface area contributed by atoms with Crippen molar-refractivity contribution in [2.24, 2.45) is 11.6 Å². The van der Waals surface area contributed by atoms with E-state index in [-0.39, 0.29) is 0 Å². The molecule has 4 nitrogen and oxygen atoms in total. The van der Waals surface area contributed by atoms with Crippen molar-refractivity contribution in [2.75, 3.05) is 6.54 Å². The topological polar surface area (TPSA) is 84.3 Å². The molecule has 0 saturated carbocycles. The summed E-state index contributed by atoms with van der Waals surface area (Å²) in [7, 11) is 0. The van der Waals surface area contributed by atoms with Crippen LogP contribution in [0.2, 0.25) is 0 Å². The van der Waals surface area contributed by atoms with Gasteiger partial charge in [0.15, 0.2) is 0 Å². The van der Waals surface area contributed by atoms with Gasteiger partial charge in [-0.15, -0.1) is 0 Å². The predicted molar refractivity (Wildman–Crippen MR) is 31.6 cm³/mol. The second kappa shape index (κ2) is 4.99. The van der Waals surface area contributed by atoms with E-state index in [9.17, 15) is 0 Å². The predicted octanol–water partition coefficient (Wildman–Crippen LogP) is -1.49. The molecule has 1 atom stereocenters. The lowest BCUT2D eigenvalue weighted by atomic mass is 10.3. The number of hydrogen-bond acceptors (Lipinski definition) is 4. The van der Waals surface area contributed by atoms with E-state index in [1.807, 2.05) is 0 Å². The molecule has 4 heteroatoms. The van der Waals surface area contributed by atoms with Crippen LogP contribution in [0.5, 0.6) is 0 Å². The fourth-order valence-corrected chi connectivity index (χ4v) is 0.413. The number of nitrogens with two attached hydrogens (primary N) is 2. The second-order valence-corrected chi connectivity index (χ2v) is 1.66. The molecule has 0 aliphatic carbocycles. The Morgan fingerprint density at radius 1 is 1.62 bits per heavy atom. The summed E-state index contributed by atoms with van der Waals surface area (Å²) in [5, 5.41) is 8.49. The minimum Gasteiger partial charge on any atom is -0.379 e. The van der Waals surface area contributed by atoms with E-state index in [4.69, 9.17) is 16.7 Å². The maximum absolute atomic E-state index is 8.49. The van der Waals surface area contributed by atoms with Gasteiger partial charge in [-0.3, -0.25) is 11.3 Å². The minimum absolute atomic E-state index is 0.601. The van der Waals surface area contributed by atoms with Crippen LogP contribution >= 0.6 is 0 Å². The van der Waals surface area contributed by atoms with Crippen LogP contribution in [0.1, 0.15) is 12.8 Å². The number of aliphatic hydroxyl groups excluding tert-OH is 1. The lowest BCUT2D eigenvalue weighted by molar-refractivity contribution is 0.169. The summed E-state index contributed by atoms with van der Waals surface area (Å²) < 4.78 is 0. The molecule has 0 fully saturated rings. The molecule has 0 saturated heterocycles. The molecule has 0 aromatic rings. The van der Waals surface area contributed by atoms with Crippen molar-refractivity contribution >= 4 is 0 Å². The van der Waals surface area contributed by atoms with E-state index in [1.54, 1.807) is 0 Å². The molecule has 8 heavy (non-hydrogen) atoms. The van der Waals surface area contributed by atoms with Crippen molar-refractivity contribution in [3.63, 3.8) is 0 Å². The Labute approximate surface area is 48.8 Å². The fourth-order valence-electron chi connectivity index (χ4n) is 0.413. The van der Waals surface area contributed by atoms with Gasteiger partial charge in [-0.2, -0.15) is 0 Å². The molecule has 0 aliphatic heterocycles. The average Bonchev–Trinajstić information content (AvgIpc) is 1.66. The molecule has 0 aliphatic rings. The molecule has 0 aromatic heterocycles. The van der Waals surface area contributed by atoms with Crippen molar-refractivity contribution in [1.29, 1.82) is 0 Å². The number of hydrogen-bond donors (Lipinski definition) is 4. The third kappa shape index (κ3) is 5.84. The first-order valence-electron chi connectivity index (χ1n) is 2.64. The van der Waals surface area contributed by atoms with Crippen LogP contribution in [0.3, 0.4) is 0 Å². The zero-order chi connectivity index (χ0) is 6.41. The lowest BCUT2D eigenvalue weighted by Gasteiger charge is -2.01. The Bertz CT molecular complexity index is 48.5. The highest BCUT2D eigenvalue weighted by Crippen LogP contribution is 1.86. The quantitative estimate of drug-likeness (QED) is 0.157. The first-order chi connectivity index (χ1) is 3.77. The highest BCUT2D eigenvalue weighted by atomic mass is 16.3. The summed E-state index contributed by atoms with van der Waals surface area (Å²) in [6, 6.07) is 0. The van der Waals surface area contributed by atoms with Crippen LogP contribution in [-0.2, 0) is 0 Å². The molecule has 0 aromatic carbocycles. The van der Waals surface area contributed by atoms with Gasteiger partial charge >= 0.3 is 0 Å². The summed E-state index contributed by atoms with van der Waals surface area (Å²) in [6.07, 6.45) is 0.724. The summed E-state index contributed by atoms with van der Waals surface area (Å²) in [5.41, 5.74) is 7.48. The monoisotopic (exact) mass is 119 g/mol. The van der Waals surface area contributed by atoms with Gasteiger partial charge in [0.05, 0.1) is 0 Å². The normalized spacial score (nSPS) is 13.9. The summed E-state index contributed by atoms with van der Waals surface area (Å²) >= 11 is 0. The SMILES string of the molecule is NNCCCC(N)O. The number of nitrogens with one attached hydrogen (secondary N) is 1. The second-order valence-electron chi connectivity index (χ2n) is 1.66. The Hall–Kier alpha value is -0.160. The Kier molecular flexibility index (Phi) is 4.89. The third-order valence-electron chi connectivity index (χ3n) is 0.821. The molecular formula is C4H13N3O. The van der Waals surface area contributed by atoms with Crippen molar-refractivity contribution < 1.29 is 5.11 Å². The van der Waals surface area contributed by atoms with Gasteiger partial charge in [-0.25, -0.2) is 0 Å². The van der Waals surface area contributed by atoms with Gasteiger partial charge < -0.3 is 10.8 Å². The van der Waals surface area contributed by atoms with Gasteiger partial charge in [-0.1, -0.05) is 0 Å². The lowest BCUT2D eigenvalue weighted by Crippen LogP contribution is -2.25. The molecule has 50 valence electrons. The van der Waals surface area contributed by atoms with Gasteiger partial charge in [0.2, 0.25) is 0 Å². The molecule has 0 heterocycles. The largest absolute Gasteiger partial charge is 0.379 e. The zero-order valence-electron chi connectivity index (χ0n) is 4.80. The van der Waals surface area contributed by atoms with E-state index in [2.05, 4.69) is 5.43 Å². The minimum atomic E-state index is -0.691. The van der Waals surface area contributed by atoms with E-state index in [0.717, 1.165) is 6.42 Å². The van der Waals surface area contributed by atoms with Crippen LogP contribution in [0.4, 0.5) is 0 Å². The highest BCUT2D eigenvalue weighted by Gasteiger charge is 1.92. The van der Waals surface area contributed by atoms with Crippen molar-refractivity contribution in [2.45, 2.75) is 19.1 Å². The van der Waals surface area contributed by atoms with Gasteiger partial charge in [0.25, 0.3) is 0 Å². The Morgan fingerprint density at radius 3 is 2.62 bits per heavy atom. The van der Waals surface area contributed by atoms with E-state index >= 15 is 0 Å². The molecule has 1 unspecified atom stereocenters. The van der Waals surface area contributed by atoms with Gasteiger partial charge in [0.1, 0.15) is 6.23 Å².